The Hall–Kier alpha value is -0.650. The molecule has 2 rings (SSSR count). The maximum absolute atomic E-state index is 5.56. The van der Waals surface area contributed by atoms with Crippen LogP contribution in [0, 0.1) is 11.7 Å². The summed E-state index contributed by atoms with van der Waals surface area (Å²) < 4.78 is 13.7. The fourth-order valence-electron chi connectivity index (χ4n) is 1.55. The molecule has 78 valence electrons. The summed E-state index contributed by atoms with van der Waals surface area (Å²) in [6, 6.07) is 0. The van der Waals surface area contributed by atoms with Gasteiger partial charge >= 0.3 is 0 Å². The van der Waals surface area contributed by atoms with Crippen molar-refractivity contribution in [3.05, 3.63) is 16.7 Å². The quantitative estimate of drug-likeness (QED) is 0.754. The van der Waals surface area contributed by atoms with Gasteiger partial charge in [-0.25, -0.2) is 0 Å². The van der Waals surface area contributed by atoms with E-state index in [0.717, 1.165) is 17.0 Å². The standard InChI is InChI=1S/C9H14N2O2S/c1-7-4-10-9(14)11(7)5-8-6-12-2-3-13-8/h4,8H,2-3,5-6H2,1H3,(H,10,14). The van der Waals surface area contributed by atoms with Crippen LogP contribution in [-0.2, 0) is 16.0 Å². The molecule has 5 heteroatoms. The highest BCUT2D eigenvalue weighted by Gasteiger charge is 2.15. The highest BCUT2D eigenvalue weighted by Crippen LogP contribution is 2.07. The van der Waals surface area contributed by atoms with E-state index in [2.05, 4.69) is 4.98 Å². The predicted octanol–water partition coefficient (Wildman–Crippen LogP) is 1.27. The van der Waals surface area contributed by atoms with Gasteiger partial charge < -0.3 is 19.0 Å². The number of nitrogens with zero attached hydrogens (tertiary/aromatic N) is 1. The van der Waals surface area contributed by atoms with Crippen LogP contribution in [0.4, 0.5) is 0 Å². The summed E-state index contributed by atoms with van der Waals surface area (Å²) in [5, 5.41) is 0. The number of aromatic nitrogens is 2. The first-order valence-corrected chi connectivity index (χ1v) is 5.12. The second kappa shape index (κ2) is 4.25. The third-order valence-electron chi connectivity index (χ3n) is 2.35. The van der Waals surface area contributed by atoms with Crippen LogP contribution in [-0.4, -0.2) is 35.5 Å². The van der Waals surface area contributed by atoms with Crippen LogP contribution < -0.4 is 0 Å². The molecule has 1 aromatic heterocycles. The summed E-state index contributed by atoms with van der Waals surface area (Å²) in [4.78, 5) is 3.01. The Morgan fingerprint density at radius 3 is 3.07 bits per heavy atom. The van der Waals surface area contributed by atoms with E-state index in [1.165, 1.54) is 0 Å². The van der Waals surface area contributed by atoms with Crippen molar-refractivity contribution in [2.24, 2.45) is 0 Å². The van der Waals surface area contributed by atoms with E-state index in [4.69, 9.17) is 21.7 Å². The first kappa shape index (κ1) is 9.89. The fourth-order valence-corrected chi connectivity index (χ4v) is 1.83. The molecule has 4 nitrogen and oxygen atoms in total. The number of ether oxygens (including phenoxy) is 2. The van der Waals surface area contributed by atoms with Gasteiger partial charge in [-0.15, -0.1) is 0 Å². The number of nitrogens with one attached hydrogen (secondary N) is 1. The van der Waals surface area contributed by atoms with Crippen molar-refractivity contribution >= 4 is 12.2 Å². The van der Waals surface area contributed by atoms with Gasteiger partial charge in [0.05, 0.1) is 32.5 Å². The van der Waals surface area contributed by atoms with E-state index >= 15 is 0 Å². The monoisotopic (exact) mass is 214 g/mol. The Balaban J connectivity index is 2.06. The Kier molecular flexibility index (Phi) is 3.00. The molecule has 1 unspecified atom stereocenters. The average Bonchev–Trinajstić information content (AvgIpc) is 2.51. The van der Waals surface area contributed by atoms with Crippen molar-refractivity contribution in [2.75, 3.05) is 19.8 Å². The molecular weight excluding hydrogens is 200 g/mol. The first-order valence-electron chi connectivity index (χ1n) is 4.71. The highest BCUT2D eigenvalue weighted by atomic mass is 32.1. The van der Waals surface area contributed by atoms with E-state index in [9.17, 15) is 0 Å². The molecule has 1 aliphatic heterocycles. The smallest absolute Gasteiger partial charge is 0.177 e. The van der Waals surface area contributed by atoms with Gasteiger partial charge in [-0.2, -0.15) is 0 Å². The summed E-state index contributed by atoms with van der Waals surface area (Å²) in [5.74, 6) is 0. The number of hydrogen-bond donors (Lipinski definition) is 1. The normalized spacial score (nSPS) is 22.5. The lowest BCUT2D eigenvalue weighted by Gasteiger charge is -2.23. The third-order valence-corrected chi connectivity index (χ3v) is 2.68. The van der Waals surface area contributed by atoms with Gasteiger partial charge in [-0.05, 0) is 19.1 Å². The van der Waals surface area contributed by atoms with Gasteiger partial charge in [-0.3, -0.25) is 0 Å². The molecule has 1 saturated heterocycles. The van der Waals surface area contributed by atoms with Crippen LogP contribution in [0.1, 0.15) is 5.69 Å². The molecule has 0 saturated carbocycles. The minimum absolute atomic E-state index is 0.130. The molecule has 2 heterocycles. The van der Waals surface area contributed by atoms with E-state index in [-0.39, 0.29) is 6.10 Å². The Labute approximate surface area is 87.8 Å². The maximum atomic E-state index is 5.56. The molecule has 0 aliphatic carbocycles. The van der Waals surface area contributed by atoms with Crippen LogP contribution in [0.25, 0.3) is 0 Å². The van der Waals surface area contributed by atoms with Crippen molar-refractivity contribution in [1.82, 2.24) is 9.55 Å². The van der Waals surface area contributed by atoms with Crippen LogP contribution >= 0.6 is 12.2 Å². The van der Waals surface area contributed by atoms with Crippen molar-refractivity contribution in [3.63, 3.8) is 0 Å². The van der Waals surface area contributed by atoms with Gasteiger partial charge in [0, 0.05) is 11.9 Å². The summed E-state index contributed by atoms with van der Waals surface area (Å²) in [7, 11) is 0. The zero-order valence-corrected chi connectivity index (χ0v) is 8.97. The largest absolute Gasteiger partial charge is 0.376 e. The topological polar surface area (TPSA) is 39.2 Å². The van der Waals surface area contributed by atoms with E-state index in [0.29, 0.717) is 19.8 Å². The van der Waals surface area contributed by atoms with Crippen molar-refractivity contribution in [1.29, 1.82) is 0 Å². The van der Waals surface area contributed by atoms with Crippen molar-refractivity contribution in [2.45, 2.75) is 19.6 Å². The number of aryl methyl sites for hydroxylation is 1. The lowest BCUT2D eigenvalue weighted by Crippen LogP contribution is -2.32. The number of H-pyrrole nitrogens is 1. The van der Waals surface area contributed by atoms with E-state index in [1.807, 2.05) is 17.7 Å². The molecule has 0 aromatic carbocycles. The van der Waals surface area contributed by atoms with Gasteiger partial charge in [-0.1, -0.05) is 0 Å². The van der Waals surface area contributed by atoms with Crippen LogP contribution in [0.5, 0.6) is 0 Å². The van der Waals surface area contributed by atoms with Gasteiger partial charge in [0.25, 0.3) is 0 Å². The molecule has 1 aromatic rings. The van der Waals surface area contributed by atoms with Crippen LogP contribution in [0.3, 0.4) is 0 Å². The Bertz CT molecular complexity index is 352. The second-order valence-electron chi connectivity index (χ2n) is 3.41. The fraction of sp³-hybridized carbons (Fsp3) is 0.667. The lowest BCUT2D eigenvalue weighted by molar-refractivity contribution is -0.0938. The van der Waals surface area contributed by atoms with Gasteiger partial charge in [0.2, 0.25) is 0 Å². The Morgan fingerprint density at radius 2 is 2.50 bits per heavy atom. The molecule has 0 radical (unpaired) electrons. The SMILES string of the molecule is Cc1c[nH]c(=S)n1CC1COCCO1. The average molecular weight is 214 g/mol. The second-order valence-corrected chi connectivity index (χ2v) is 3.80. The first-order chi connectivity index (χ1) is 6.77. The zero-order valence-electron chi connectivity index (χ0n) is 8.16. The van der Waals surface area contributed by atoms with E-state index < -0.39 is 0 Å². The number of imidazole rings is 1. The molecule has 1 N–H and O–H groups in total. The lowest BCUT2D eigenvalue weighted by atomic mass is 10.3. The molecule has 1 atom stereocenters. The van der Waals surface area contributed by atoms with Crippen LogP contribution in [0.15, 0.2) is 6.20 Å². The van der Waals surface area contributed by atoms with Gasteiger partial charge in [0.15, 0.2) is 4.77 Å². The molecule has 0 amide bonds. The minimum Gasteiger partial charge on any atom is -0.376 e. The molecule has 1 aliphatic rings. The summed E-state index contributed by atoms with van der Waals surface area (Å²) in [5.41, 5.74) is 1.13. The van der Waals surface area contributed by atoms with Gasteiger partial charge in [0.1, 0.15) is 0 Å². The maximum Gasteiger partial charge on any atom is 0.177 e. The third kappa shape index (κ3) is 2.05. The summed E-state index contributed by atoms with van der Waals surface area (Å²) >= 11 is 5.15. The number of hydrogen-bond acceptors (Lipinski definition) is 3. The molecule has 14 heavy (non-hydrogen) atoms. The molecule has 0 bridgehead atoms. The summed E-state index contributed by atoms with van der Waals surface area (Å²) in [6.07, 6.45) is 2.04. The van der Waals surface area contributed by atoms with Crippen molar-refractivity contribution in [3.8, 4) is 0 Å². The summed E-state index contributed by atoms with van der Waals surface area (Å²) in [6.45, 7) is 4.84. The van der Waals surface area contributed by atoms with Crippen LogP contribution in [0.2, 0.25) is 0 Å². The number of rotatable bonds is 2. The molecular formula is C9H14N2O2S. The minimum atomic E-state index is 0.130. The molecule has 1 fully saturated rings. The van der Waals surface area contributed by atoms with E-state index in [1.54, 1.807) is 0 Å². The Morgan fingerprint density at radius 1 is 1.64 bits per heavy atom. The van der Waals surface area contributed by atoms with Crippen molar-refractivity contribution < 1.29 is 9.47 Å². The zero-order chi connectivity index (χ0) is 9.97. The highest BCUT2D eigenvalue weighted by molar-refractivity contribution is 7.71. The molecule has 0 spiro atoms. The predicted molar refractivity (Wildman–Crippen MR) is 54.9 cm³/mol. The number of aromatic amines is 1.